The highest BCUT2D eigenvalue weighted by atomic mass is 16.5. The Morgan fingerprint density at radius 3 is 3.00 bits per heavy atom. The summed E-state index contributed by atoms with van der Waals surface area (Å²) in [6, 6.07) is 9.58. The predicted octanol–water partition coefficient (Wildman–Crippen LogP) is 1.61. The molecular formula is C21H21N5O3. The summed E-state index contributed by atoms with van der Waals surface area (Å²) in [5, 5.41) is 7.00. The van der Waals surface area contributed by atoms with Gasteiger partial charge in [-0.05, 0) is 29.3 Å². The monoisotopic (exact) mass is 391 g/mol. The van der Waals surface area contributed by atoms with Crippen molar-refractivity contribution < 1.29 is 14.1 Å². The second-order valence-electron chi connectivity index (χ2n) is 7.27. The second kappa shape index (κ2) is 7.63. The highest BCUT2D eigenvalue weighted by molar-refractivity contribution is 5.82. The lowest BCUT2D eigenvalue weighted by Gasteiger charge is -2.34. The van der Waals surface area contributed by atoms with Crippen molar-refractivity contribution in [1.82, 2.24) is 25.3 Å². The third-order valence-electron chi connectivity index (χ3n) is 5.36. The molecule has 2 aliphatic rings. The van der Waals surface area contributed by atoms with Gasteiger partial charge in [0.1, 0.15) is 5.75 Å². The van der Waals surface area contributed by atoms with Gasteiger partial charge in [0, 0.05) is 44.0 Å². The molecule has 5 rings (SSSR count). The molecule has 8 nitrogen and oxygen atoms in total. The molecule has 0 spiro atoms. The zero-order chi connectivity index (χ0) is 19.6. The average Bonchev–Trinajstić information content (AvgIpc) is 3.40. The van der Waals surface area contributed by atoms with Crippen LogP contribution in [0.2, 0.25) is 0 Å². The topological polar surface area (TPSA) is 93.4 Å². The fraction of sp³-hybridized carbons (Fsp3) is 0.333. The van der Waals surface area contributed by atoms with E-state index in [1.54, 1.807) is 12.4 Å². The number of hydrogen-bond donors (Lipinski definition) is 1. The van der Waals surface area contributed by atoms with Crippen LogP contribution in [0.25, 0.3) is 11.4 Å². The summed E-state index contributed by atoms with van der Waals surface area (Å²) >= 11 is 0. The molecule has 1 saturated heterocycles. The van der Waals surface area contributed by atoms with Crippen LogP contribution in [0, 0.1) is 0 Å². The Bertz CT molecular complexity index is 1020. The first kappa shape index (κ1) is 17.8. The molecule has 0 aliphatic carbocycles. The normalized spacial score (nSPS) is 18.9. The largest absolute Gasteiger partial charge is 0.493 e. The second-order valence-corrected chi connectivity index (χ2v) is 7.27. The molecule has 148 valence electrons. The number of ether oxygens (including phenoxy) is 1. The summed E-state index contributed by atoms with van der Waals surface area (Å²) in [4.78, 5) is 23.2. The highest BCUT2D eigenvalue weighted by Gasteiger charge is 2.32. The number of hydrogen-bond acceptors (Lipinski definition) is 7. The van der Waals surface area contributed by atoms with E-state index in [0.717, 1.165) is 30.9 Å². The van der Waals surface area contributed by atoms with Crippen LogP contribution in [-0.4, -0.2) is 51.7 Å². The van der Waals surface area contributed by atoms with E-state index in [1.165, 1.54) is 11.1 Å². The van der Waals surface area contributed by atoms with Crippen LogP contribution in [0.3, 0.4) is 0 Å². The lowest BCUT2D eigenvalue weighted by Crippen LogP contribution is -2.55. The molecule has 1 fully saturated rings. The van der Waals surface area contributed by atoms with Gasteiger partial charge in [0.05, 0.1) is 19.1 Å². The molecule has 1 aromatic carbocycles. The van der Waals surface area contributed by atoms with E-state index < -0.39 is 0 Å². The first-order valence-electron chi connectivity index (χ1n) is 9.75. The van der Waals surface area contributed by atoms with E-state index in [1.807, 2.05) is 18.2 Å². The van der Waals surface area contributed by atoms with Crippen molar-refractivity contribution >= 4 is 5.91 Å². The van der Waals surface area contributed by atoms with Crippen LogP contribution < -0.4 is 10.1 Å². The van der Waals surface area contributed by atoms with Crippen molar-refractivity contribution in [2.45, 2.75) is 25.4 Å². The van der Waals surface area contributed by atoms with E-state index >= 15 is 0 Å². The predicted molar refractivity (Wildman–Crippen MR) is 104 cm³/mol. The molecule has 2 aromatic heterocycles. The standard InChI is InChI=1S/C21H21N5O3/c27-21-17(12-19-24-20(25-29-19)15-3-6-22-7-4-15)26(9-8-23-21)13-14-1-2-18-16(11-14)5-10-28-18/h1-4,6-7,11,17H,5,8-10,12-13H2,(H,23,27). The number of nitrogens with zero attached hydrogens (tertiary/aromatic N) is 4. The quantitative estimate of drug-likeness (QED) is 0.706. The first-order chi connectivity index (χ1) is 14.3. The van der Waals surface area contributed by atoms with Gasteiger partial charge in [0.2, 0.25) is 17.6 Å². The molecule has 1 amide bonds. The Morgan fingerprint density at radius 1 is 1.21 bits per heavy atom. The molecule has 0 saturated carbocycles. The molecular weight excluding hydrogens is 370 g/mol. The fourth-order valence-corrected chi connectivity index (χ4v) is 3.87. The summed E-state index contributed by atoms with van der Waals surface area (Å²) in [6.45, 7) is 2.84. The fourth-order valence-electron chi connectivity index (χ4n) is 3.87. The number of rotatable bonds is 5. The minimum absolute atomic E-state index is 0.00981. The summed E-state index contributed by atoms with van der Waals surface area (Å²) in [7, 11) is 0. The number of fused-ring (bicyclic) bond motifs is 1. The Kier molecular flexibility index (Phi) is 4.69. The first-order valence-corrected chi connectivity index (χ1v) is 9.75. The molecule has 1 N–H and O–H groups in total. The van der Waals surface area contributed by atoms with Crippen LogP contribution in [0.1, 0.15) is 17.0 Å². The third-order valence-corrected chi connectivity index (χ3v) is 5.36. The van der Waals surface area contributed by atoms with Crippen LogP contribution in [0.15, 0.2) is 47.2 Å². The number of amides is 1. The minimum atomic E-state index is -0.348. The molecule has 8 heteroatoms. The number of carbonyl (C=O) groups is 1. The van der Waals surface area contributed by atoms with E-state index in [0.29, 0.717) is 31.2 Å². The molecule has 0 bridgehead atoms. The van der Waals surface area contributed by atoms with Crippen molar-refractivity contribution in [2.75, 3.05) is 19.7 Å². The number of aromatic nitrogens is 3. The van der Waals surface area contributed by atoms with Crippen LogP contribution in [0.5, 0.6) is 5.75 Å². The molecule has 2 aliphatic heterocycles. The van der Waals surface area contributed by atoms with Gasteiger partial charge in [-0.25, -0.2) is 0 Å². The maximum Gasteiger partial charge on any atom is 0.237 e. The summed E-state index contributed by atoms with van der Waals surface area (Å²) in [6.07, 6.45) is 4.68. The van der Waals surface area contributed by atoms with Gasteiger partial charge in [-0.1, -0.05) is 17.3 Å². The van der Waals surface area contributed by atoms with Gasteiger partial charge in [0.25, 0.3) is 0 Å². The smallest absolute Gasteiger partial charge is 0.237 e. The molecule has 1 atom stereocenters. The number of nitrogens with one attached hydrogen (secondary N) is 1. The zero-order valence-corrected chi connectivity index (χ0v) is 15.9. The summed E-state index contributed by atoms with van der Waals surface area (Å²) < 4.78 is 11.0. The third kappa shape index (κ3) is 3.71. The van der Waals surface area contributed by atoms with Gasteiger partial charge in [-0.2, -0.15) is 4.98 Å². The van der Waals surface area contributed by atoms with Crippen LogP contribution in [0.4, 0.5) is 0 Å². The Labute approximate surface area is 167 Å². The summed E-state index contributed by atoms with van der Waals surface area (Å²) in [5.41, 5.74) is 3.25. The number of benzene rings is 1. The van der Waals surface area contributed by atoms with E-state index in [9.17, 15) is 4.79 Å². The lowest BCUT2D eigenvalue weighted by molar-refractivity contribution is -0.129. The van der Waals surface area contributed by atoms with Crippen molar-refractivity contribution in [1.29, 1.82) is 0 Å². The van der Waals surface area contributed by atoms with Crippen molar-refractivity contribution in [3.05, 3.63) is 59.7 Å². The van der Waals surface area contributed by atoms with Crippen molar-refractivity contribution in [3.63, 3.8) is 0 Å². The SMILES string of the molecule is O=C1NCCN(Cc2ccc3c(c2)CCO3)C1Cc1nc(-c2ccncc2)no1. The molecule has 0 radical (unpaired) electrons. The van der Waals surface area contributed by atoms with Gasteiger partial charge < -0.3 is 14.6 Å². The van der Waals surface area contributed by atoms with E-state index in [4.69, 9.17) is 9.26 Å². The number of piperazine rings is 1. The average molecular weight is 391 g/mol. The van der Waals surface area contributed by atoms with Crippen LogP contribution >= 0.6 is 0 Å². The maximum atomic E-state index is 12.6. The van der Waals surface area contributed by atoms with Gasteiger partial charge in [-0.3, -0.25) is 14.7 Å². The van der Waals surface area contributed by atoms with Gasteiger partial charge >= 0.3 is 0 Å². The van der Waals surface area contributed by atoms with E-state index in [2.05, 4.69) is 37.5 Å². The maximum absolute atomic E-state index is 12.6. The molecule has 3 aromatic rings. The lowest BCUT2D eigenvalue weighted by atomic mass is 10.0. The molecule has 4 heterocycles. The van der Waals surface area contributed by atoms with Crippen LogP contribution in [-0.2, 0) is 24.2 Å². The van der Waals surface area contributed by atoms with E-state index in [-0.39, 0.29) is 11.9 Å². The van der Waals surface area contributed by atoms with Gasteiger partial charge in [-0.15, -0.1) is 0 Å². The Balaban J connectivity index is 1.33. The minimum Gasteiger partial charge on any atom is -0.493 e. The van der Waals surface area contributed by atoms with Gasteiger partial charge in [0.15, 0.2) is 0 Å². The number of carbonyl (C=O) groups excluding carboxylic acids is 1. The highest BCUT2D eigenvalue weighted by Crippen LogP contribution is 2.27. The summed E-state index contributed by atoms with van der Waals surface area (Å²) in [5.74, 6) is 1.91. The van der Waals surface area contributed by atoms with Crippen molar-refractivity contribution in [3.8, 4) is 17.1 Å². The number of pyridine rings is 1. The Morgan fingerprint density at radius 2 is 2.10 bits per heavy atom. The molecule has 1 unspecified atom stereocenters. The Hall–Kier alpha value is -3.26. The molecule has 29 heavy (non-hydrogen) atoms. The van der Waals surface area contributed by atoms with Crippen molar-refractivity contribution in [2.24, 2.45) is 0 Å². The zero-order valence-electron chi connectivity index (χ0n) is 15.9.